The molecule has 0 bridgehead atoms. The number of guanidine groups is 1. The Morgan fingerprint density at radius 1 is 1.27 bits per heavy atom. The molecule has 2 aromatic heterocycles. The lowest BCUT2D eigenvalue weighted by molar-refractivity contribution is 0.464. The Balaban J connectivity index is 0.00000320. The third-order valence-corrected chi connectivity index (χ3v) is 5.30. The van der Waals surface area contributed by atoms with Crippen molar-refractivity contribution in [1.29, 1.82) is 0 Å². The fourth-order valence-electron chi connectivity index (χ4n) is 2.97. The molecule has 0 atom stereocenters. The minimum atomic E-state index is 0. The smallest absolute Gasteiger partial charge is 0.194 e. The van der Waals surface area contributed by atoms with E-state index in [0.717, 1.165) is 43.6 Å². The second kappa shape index (κ2) is 12.6. The van der Waals surface area contributed by atoms with E-state index < -0.39 is 0 Å². The molecule has 7 nitrogen and oxygen atoms in total. The van der Waals surface area contributed by atoms with Crippen LogP contribution in [0.25, 0.3) is 0 Å². The van der Waals surface area contributed by atoms with Crippen LogP contribution in [0.15, 0.2) is 63.3 Å². The van der Waals surface area contributed by atoms with Gasteiger partial charge in [-0.3, -0.25) is 0 Å². The maximum Gasteiger partial charge on any atom is 0.194 e. The summed E-state index contributed by atoms with van der Waals surface area (Å²) in [6, 6.07) is 12.5. The lowest BCUT2D eigenvalue weighted by atomic mass is 10.2. The zero-order valence-corrected chi connectivity index (χ0v) is 20.8. The van der Waals surface area contributed by atoms with E-state index in [9.17, 15) is 0 Å². The van der Waals surface area contributed by atoms with Crippen LogP contribution in [0.4, 0.5) is 0 Å². The van der Waals surface area contributed by atoms with E-state index in [2.05, 4.69) is 62.4 Å². The highest BCUT2D eigenvalue weighted by molar-refractivity contribution is 14.0. The minimum absolute atomic E-state index is 0. The largest absolute Gasteiger partial charge is 0.467 e. The van der Waals surface area contributed by atoms with E-state index in [1.54, 1.807) is 24.4 Å². The van der Waals surface area contributed by atoms with Crippen LogP contribution < -0.4 is 5.32 Å². The highest BCUT2D eigenvalue weighted by Crippen LogP contribution is 2.15. The average molecular weight is 540 g/mol. The first-order chi connectivity index (χ1) is 14.2. The lowest BCUT2D eigenvalue weighted by Crippen LogP contribution is -2.40. The molecular formula is C21H29IN6OS. The molecule has 0 aliphatic rings. The summed E-state index contributed by atoms with van der Waals surface area (Å²) < 4.78 is 7.49. The molecule has 30 heavy (non-hydrogen) atoms. The van der Waals surface area contributed by atoms with Gasteiger partial charge in [-0.05, 0) is 36.1 Å². The Kier molecular flexibility index (Phi) is 10.2. The number of aliphatic imine (C=N–C) groups is 1. The predicted molar refractivity (Wildman–Crippen MR) is 132 cm³/mol. The number of hydrogen-bond donors (Lipinski definition) is 1. The molecule has 0 amide bonds. The van der Waals surface area contributed by atoms with Crippen LogP contribution in [0.3, 0.4) is 0 Å². The number of thioether (sulfide) groups is 1. The van der Waals surface area contributed by atoms with Crippen LogP contribution in [0, 0.1) is 0 Å². The van der Waals surface area contributed by atoms with Gasteiger partial charge in [-0.15, -0.1) is 45.9 Å². The van der Waals surface area contributed by atoms with Crippen LogP contribution in [0.5, 0.6) is 0 Å². The third kappa shape index (κ3) is 7.05. The van der Waals surface area contributed by atoms with Gasteiger partial charge < -0.3 is 19.2 Å². The van der Waals surface area contributed by atoms with Gasteiger partial charge in [0.25, 0.3) is 0 Å². The molecule has 0 saturated heterocycles. The fourth-order valence-corrected chi connectivity index (χ4v) is 3.38. The minimum Gasteiger partial charge on any atom is -0.467 e. The van der Waals surface area contributed by atoms with Crippen molar-refractivity contribution in [3.8, 4) is 0 Å². The molecule has 162 valence electrons. The Hall–Kier alpha value is -2.01. The fraction of sp³-hybridized carbons (Fsp3) is 0.381. The molecule has 0 fully saturated rings. The Labute approximate surface area is 199 Å². The molecule has 9 heteroatoms. The number of aryl methyl sites for hydroxylation is 1. The number of benzene rings is 1. The summed E-state index contributed by atoms with van der Waals surface area (Å²) in [5.41, 5.74) is 1.24. The molecule has 0 aliphatic heterocycles. The quantitative estimate of drug-likeness (QED) is 0.191. The summed E-state index contributed by atoms with van der Waals surface area (Å²) in [5, 5.41) is 11.6. The predicted octanol–water partition coefficient (Wildman–Crippen LogP) is 4.05. The van der Waals surface area contributed by atoms with Crippen LogP contribution in [0.2, 0.25) is 0 Å². The maximum absolute atomic E-state index is 5.42. The molecule has 3 rings (SSSR count). The topological polar surface area (TPSA) is 71.5 Å². The van der Waals surface area contributed by atoms with Crippen LogP contribution >= 0.6 is 35.7 Å². The van der Waals surface area contributed by atoms with Crippen molar-refractivity contribution in [2.24, 2.45) is 4.99 Å². The molecule has 2 heterocycles. The van der Waals surface area contributed by atoms with Gasteiger partial charge in [-0.1, -0.05) is 19.1 Å². The zero-order valence-electron chi connectivity index (χ0n) is 17.6. The highest BCUT2D eigenvalue weighted by atomic mass is 127. The average Bonchev–Trinajstić information content (AvgIpc) is 3.42. The number of hydrogen-bond acceptors (Lipinski definition) is 5. The number of furan rings is 1. The summed E-state index contributed by atoms with van der Waals surface area (Å²) in [7, 11) is 2.05. The van der Waals surface area contributed by atoms with E-state index in [1.165, 1.54) is 10.5 Å². The number of nitrogens with zero attached hydrogens (tertiary/aromatic N) is 5. The van der Waals surface area contributed by atoms with Crippen molar-refractivity contribution in [1.82, 2.24) is 25.0 Å². The Morgan fingerprint density at radius 2 is 2.07 bits per heavy atom. The second-order valence-corrected chi connectivity index (χ2v) is 7.52. The Morgan fingerprint density at radius 3 is 2.73 bits per heavy atom. The van der Waals surface area contributed by atoms with Gasteiger partial charge in [0.2, 0.25) is 0 Å². The van der Waals surface area contributed by atoms with Crippen molar-refractivity contribution in [3.63, 3.8) is 0 Å². The van der Waals surface area contributed by atoms with Gasteiger partial charge in [-0.2, -0.15) is 0 Å². The third-order valence-electron chi connectivity index (χ3n) is 4.55. The molecule has 1 aromatic carbocycles. The SMILES string of the molecule is CCc1nncn1CCNC(=NCc1ccco1)N(C)Cc1ccc(SC)cc1.I. The van der Waals surface area contributed by atoms with Crippen molar-refractivity contribution in [2.75, 3.05) is 19.8 Å². The van der Waals surface area contributed by atoms with Crippen molar-refractivity contribution in [2.45, 2.75) is 37.9 Å². The summed E-state index contributed by atoms with van der Waals surface area (Å²) in [4.78, 5) is 8.15. The number of aromatic nitrogens is 3. The molecule has 0 radical (unpaired) electrons. The van der Waals surface area contributed by atoms with Crippen LogP contribution in [0.1, 0.15) is 24.1 Å². The molecule has 0 unspecified atom stereocenters. The summed E-state index contributed by atoms with van der Waals surface area (Å²) in [5.74, 6) is 2.67. The van der Waals surface area contributed by atoms with Crippen LogP contribution in [-0.4, -0.2) is 45.5 Å². The molecule has 1 N–H and O–H groups in total. The first kappa shape index (κ1) is 24.3. The molecule has 0 aliphatic carbocycles. The van der Waals surface area contributed by atoms with Gasteiger partial charge >= 0.3 is 0 Å². The molecule has 3 aromatic rings. The molecule has 0 spiro atoms. The van der Waals surface area contributed by atoms with E-state index in [1.807, 2.05) is 19.2 Å². The molecular weight excluding hydrogens is 511 g/mol. The van der Waals surface area contributed by atoms with E-state index >= 15 is 0 Å². The highest BCUT2D eigenvalue weighted by Gasteiger charge is 2.09. The van der Waals surface area contributed by atoms with Gasteiger partial charge in [0.15, 0.2) is 5.96 Å². The normalized spacial score (nSPS) is 11.2. The standard InChI is InChI=1S/C21H28N6OS.HI/c1-4-20-25-24-16-27(20)12-11-22-21(23-14-18-6-5-13-28-18)26(2)15-17-7-9-19(29-3)10-8-17;/h5-10,13,16H,4,11-12,14-15H2,1-3H3,(H,22,23);1H. The summed E-state index contributed by atoms with van der Waals surface area (Å²) in [6.45, 7) is 4.87. The van der Waals surface area contributed by atoms with Crippen molar-refractivity contribution < 1.29 is 4.42 Å². The summed E-state index contributed by atoms with van der Waals surface area (Å²) >= 11 is 1.75. The van der Waals surface area contributed by atoms with Gasteiger partial charge in [-0.25, -0.2) is 4.99 Å². The lowest BCUT2D eigenvalue weighted by Gasteiger charge is -2.23. The zero-order chi connectivity index (χ0) is 20.5. The van der Waals surface area contributed by atoms with E-state index in [0.29, 0.717) is 6.54 Å². The van der Waals surface area contributed by atoms with Crippen LogP contribution in [-0.2, 0) is 26.1 Å². The van der Waals surface area contributed by atoms with Crippen molar-refractivity contribution >= 4 is 41.7 Å². The van der Waals surface area contributed by atoms with E-state index in [-0.39, 0.29) is 24.0 Å². The van der Waals surface area contributed by atoms with Gasteiger partial charge in [0.1, 0.15) is 24.5 Å². The number of nitrogens with one attached hydrogen (secondary N) is 1. The number of rotatable bonds is 9. The van der Waals surface area contributed by atoms with Gasteiger partial charge in [0.05, 0.1) is 6.26 Å². The summed E-state index contributed by atoms with van der Waals surface area (Å²) in [6.07, 6.45) is 6.40. The van der Waals surface area contributed by atoms with Gasteiger partial charge in [0, 0.05) is 38.0 Å². The monoisotopic (exact) mass is 540 g/mol. The maximum atomic E-state index is 5.42. The first-order valence-electron chi connectivity index (χ1n) is 9.71. The second-order valence-electron chi connectivity index (χ2n) is 6.64. The number of halogens is 1. The molecule has 0 saturated carbocycles. The Bertz CT molecular complexity index is 895. The van der Waals surface area contributed by atoms with E-state index in [4.69, 9.17) is 9.41 Å². The first-order valence-corrected chi connectivity index (χ1v) is 10.9. The van der Waals surface area contributed by atoms with Crippen molar-refractivity contribution in [3.05, 3.63) is 66.1 Å².